The van der Waals surface area contributed by atoms with E-state index in [0.717, 1.165) is 41.5 Å². The number of phenols is 1. The van der Waals surface area contributed by atoms with Crippen LogP contribution in [0.2, 0.25) is 0 Å². The van der Waals surface area contributed by atoms with E-state index in [4.69, 9.17) is 10.7 Å². The van der Waals surface area contributed by atoms with Gasteiger partial charge < -0.3 is 16.2 Å². The molecule has 2 atom stereocenters. The van der Waals surface area contributed by atoms with Crippen molar-refractivity contribution in [2.24, 2.45) is 11.7 Å². The Balaban J connectivity index is 1.87. The molecule has 1 aromatic heterocycles. The van der Waals surface area contributed by atoms with Crippen molar-refractivity contribution in [3.63, 3.8) is 0 Å². The van der Waals surface area contributed by atoms with Crippen molar-refractivity contribution in [2.45, 2.75) is 25.8 Å². The highest BCUT2D eigenvalue weighted by atomic mass is 19.1. The van der Waals surface area contributed by atoms with Crippen LogP contribution in [0.3, 0.4) is 0 Å². The van der Waals surface area contributed by atoms with Crippen LogP contribution in [0.15, 0.2) is 36.4 Å². The summed E-state index contributed by atoms with van der Waals surface area (Å²) in [5.41, 5.74) is 8.49. The molecule has 4 N–H and O–H groups in total. The van der Waals surface area contributed by atoms with E-state index < -0.39 is 5.82 Å². The molecule has 3 aromatic rings. The number of aromatic nitrogens is 2. The zero-order valence-corrected chi connectivity index (χ0v) is 15.2. The van der Waals surface area contributed by atoms with Gasteiger partial charge in [-0.1, -0.05) is 18.2 Å². The topological polar surface area (TPSA) is 84.1 Å². The first-order valence-electron chi connectivity index (χ1n) is 9.26. The molecule has 2 unspecified atom stereocenters. The highest BCUT2D eigenvalue weighted by Crippen LogP contribution is 2.34. The lowest BCUT2D eigenvalue weighted by molar-refractivity contribution is 0.317. The van der Waals surface area contributed by atoms with Crippen molar-refractivity contribution in [2.75, 3.05) is 13.1 Å². The Bertz CT molecular complexity index is 963. The van der Waals surface area contributed by atoms with E-state index in [0.29, 0.717) is 12.5 Å². The van der Waals surface area contributed by atoms with Crippen LogP contribution < -0.4 is 11.1 Å². The average molecular weight is 366 g/mol. The van der Waals surface area contributed by atoms with Crippen LogP contribution in [0.4, 0.5) is 4.39 Å². The smallest absolute Gasteiger partial charge is 0.166 e. The number of nitrogens with one attached hydrogen (secondary N) is 1. The summed E-state index contributed by atoms with van der Waals surface area (Å²) in [7, 11) is 0. The molecule has 2 heterocycles. The van der Waals surface area contributed by atoms with Gasteiger partial charge in [0.25, 0.3) is 0 Å². The molecule has 4 rings (SSSR count). The number of piperidine rings is 1. The average Bonchev–Trinajstić information content (AvgIpc) is 2.67. The minimum absolute atomic E-state index is 0.0396. The van der Waals surface area contributed by atoms with E-state index in [-0.39, 0.29) is 23.2 Å². The lowest BCUT2D eigenvalue weighted by Gasteiger charge is -2.29. The summed E-state index contributed by atoms with van der Waals surface area (Å²) in [5.74, 6) is -0.0198. The van der Waals surface area contributed by atoms with Crippen LogP contribution in [-0.2, 0) is 0 Å². The molecule has 0 saturated carbocycles. The van der Waals surface area contributed by atoms with Crippen molar-refractivity contribution in [3.8, 4) is 17.1 Å². The zero-order chi connectivity index (χ0) is 19.0. The number of nitrogens with zero attached hydrogens (tertiary/aromatic N) is 2. The van der Waals surface area contributed by atoms with E-state index in [1.165, 1.54) is 18.2 Å². The normalized spacial score (nSPS) is 20.1. The lowest BCUT2D eigenvalue weighted by atomic mass is 9.91. The molecule has 1 aliphatic rings. The maximum absolute atomic E-state index is 14.4. The van der Waals surface area contributed by atoms with Gasteiger partial charge in [-0.15, -0.1) is 0 Å². The number of halogens is 1. The van der Waals surface area contributed by atoms with E-state index >= 15 is 0 Å². The largest absolute Gasteiger partial charge is 0.507 e. The number of fused-ring (bicyclic) bond motifs is 1. The summed E-state index contributed by atoms with van der Waals surface area (Å²) in [4.78, 5) is 9.25. The molecule has 1 saturated heterocycles. The number of hydrogen-bond acceptors (Lipinski definition) is 5. The second kappa shape index (κ2) is 7.21. The summed E-state index contributed by atoms with van der Waals surface area (Å²) in [5, 5.41) is 14.7. The molecule has 140 valence electrons. The first-order valence-corrected chi connectivity index (χ1v) is 9.26. The zero-order valence-electron chi connectivity index (χ0n) is 15.2. The third kappa shape index (κ3) is 3.38. The van der Waals surface area contributed by atoms with Crippen molar-refractivity contribution in [3.05, 3.63) is 53.5 Å². The predicted octanol–water partition coefficient (Wildman–Crippen LogP) is 3.45. The van der Waals surface area contributed by atoms with Crippen LogP contribution in [0.1, 0.15) is 30.1 Å². The maximum Gasteiger partial charge on any atom is 0.166 e. The number of phenolic OH excluding ortho intramolecular Hbond substituents is 1. The Morgan fingerprint density at radius 3 is 2.78 bits per heavy atom. The number of hydrogen-bond donors (Lipinski definition) is 3. The Kier molecular flexibility index (Phi) is 4.76. The summed E-state index contributed by atoms with van der Waals surface area (Å²) in [6.45, 7) is 3.49. The van der Waals surface area contributed by atoms with Gasteiger partial charge in [-0.25, -0.2) is 14.4 Å². The maximum atomic E-state index is 14.4. The third-order valence-corrected chi connectivity index (χ3v) is 5.28. The highest BCUT2D eigenvalue weighted by Gasteiger charge is 2.25. The fraction of sp³-hybridized carbons (Fsp3) is 0.333. The Hall–Kier alpha value is -2.57. The molecule has 6 heteroatoms. The Morgan fingerprint density at radius 2 is 2.07 bits per heavy atom. The first-order chi connectivity index (χ1) is 13.1. The van der Waals surface area contributed by atoms with Crippen LogP contribution in [-0.4, -0.2) is 28.2 Å². The molecule has 0 radical (unpaired) electrons. The van der Waals surface area contributed by atoms with Gasteiger partial charge in [-0.2, -0.15) is 0 Å². The van der Waals surface area contributed by atoms with Crippen LogP contribution in [0.25, 0.3) is 22.3 Å². The Morgan fingerprint density at radius 1 is 1.22 bits per heavy atom. The number of aromatic hydroxyl groups is 1. The molecular formula is C21H23FN4O. The fourth-order valence-corrected chi connectivity index (χ4v) is 3.73. The summed E-state index contributed by atoms with van der Waals surface area (Å²) in [6, 6.07) is 10.3. The number of rotatable bonds is 3. The summed E-state index contributed by atoms with van der Waals surface area (Å²) in [6.07, 6.45) is 1.93. The van der Waals surface area contributed by atoms with Crippen molar-refractivity contribution >= 4 is 10.9 Å². The van der Waals surface area contributed by atoms with Crippen molar-refractivity contribution in [1.29, 1.82) is 0 Å². The number of aryl methyl sites for hydroxylation is 1. The molecule has 0 bridgehead atoms. The van der Waals surface area contributed by atoms with Crippen molar-refractivity contribution in [1.82, 2.24) is 15.3 Å². The summed E-state index contributed by atoms with van der Waals surface area (Å²) >= 11 is 0. The van der Waals surface area contributed by atoms with Crippen LogP contribution in [0.5, 0.6) is 5.75 Å². The van der Waals surface area contributed by atoms with Crippen LogP contribution in [0, 0.1) is 18.7 Å². The van der Waals surface area contributed by atoms with Gasteiger partial charge in [0.05, 0.1) is 22.8 Å². The molecule has 27 heavy (non-hydrogen) atoms. The minimum Gasteiger partial charge on any atom is -0.507 e. The molecule has 1 aliphatic heterocycles. The standard InChI is InChI=1S/C21H23FN4O/c1-12-5-7-14-17(9-12)25-21(19-15(22)3-2-4-18(19)27)26-20(14)16-8-6-13(10-23)11-24-16/h2-5,7,9,13,16,24,27H,6,8,10-11,23H2,1H3. The van der Waals surface area contributed by atoms with Gasteiger partial charge in [0.1, 0.15) is 11.6 Å². The molecule has 0 amide bonds. The third-order valence-electron chi connectivity index (χ3n) is 5.28. The SMILES string of the molecule is Cc1ccc2c(C3CCC(CN)CN3)nc(-c3c(O)cccc3F)nc2c1. The molecule has 5 nitrogen and oxygen atoms in total. The van der Waals surface area contributed by atoms with Gasteiger partial charge in [-0.05, 0) is 62.5 Å². The molecule has 0 aliphatic carbocycles. The van der Waals surface area contributed by atoms with E-state index in [1.54, 1.807) is 0 Å². The first kappa shape index (κ1) is 17.8. The Labute approximate surface area is 157 Å². The van der Waals surface area contributed by atoms with Crippen molar-refractivity contribution < 1.29 is 9.50 Å². The van der Waals surface area contributed by atoms with Gasteiger partial charge >= 0.3 is 0 Å². The van der Waals surface area contributed by atoms with E-state index in [2.05, 4.69) is 10.3 Å². The molecule has 2 aromatic carbocycles. The fourth-order valence-electron chi connectivity index (χ4n) is 3.73. The van der Waals surface area contributed by atoms with Gasteiger partial charge in [0.15, 0.2) is 5.82 Å². The number of nitrogens with two attached hydrogens (primary N) is 1. The minimum atomic E-state index is -0.534. The van der Waals surface area contributed by atoms with Gasteiger partial charge in [0.2, 0.25) is 0 Å². The monoisotopic (exact) mass is 366 g/mol. The quantitative estimate of drug-likeness (QED) is 0.661. The van der Waals surface area contributed by atoms with Gasteiger partial charge in [-0.3, -0.25) is 0 Å². The van der Waals surface area contributed by atoms with E-state index in [9.17, 15) is 9.50 Å². The number of benzene rings is 2. The van der Waals surface area contributed by atoms with Crippen LogP contribution >= 0.6 is 0 Å². The van der Waals surface area contributed by atoms with E-state index in [1.807, 2.05) is 25.1 Å². The molecule has 1 fully saturated rings. The molecular weight excluding hydrogens is 343 g/mol. The predicted molar refractivity (Wildman–Crippen MR) is 104 cm³/mol. The second-order valence-corrected chi connectivity index (χ2v) is 7.23. The van der Waals surface area contributed by atoms with Gasteiger partial charge in [0, 0.05) is 5.39 Å². The lowest BCUT2D eigenvalue weighted by Crippen LogP contribution is -2.37. The highest BCUT2D eigenvalue weighted by molar-refractivity contribution is 5.84. The summed E-state index contributed by atoms with van der Waals surface area (Å²) < 4.78 is 14.4. The molecule has 0 spiro atoms. The second-order valence-electron chi connectivity index (χ2n) is 7.23.